The predicted octanol–water partition coefficient (Wildman–Crippen LogP) is 3.60. The Balaban J connectivity index is 1.61. The third-order valence-electron chi connectivity index (χ3n) is 4.44. The van der Waals surface area contributed by atoms with E-state index in [0.717, 1.165) is 31.5 Å². The highest BCUT2D eigenvalue weighted by Gasteiger charge is 2.26. The average Bonchev–Trinajstić information content (AvgIpc) is 2.59. The van der Waals surface area contributed by atoms with Gasteiger partial charge in [0, 0.05) is 37.1 Å². The summed E-state index contributed by atoms with van der Waals surface area (Å²) < 4.78 is 0. The maximum atomic E-state index is 12.4. The summed E-state index contributed by atoms with van der Waals surface area (Å²) in [6.45, 7) is 3.69. The summed E-state index contributed by atoms with van der Waals surface area (Å²) >= 11 is 5.87. The van der Waals surface area contributed by atoms with Gasteiger partial charge in [0.05, 0.1) is 10.7 Å². The van der Waals surface area contributed by atoms with Crippen LogP contribution in [0.3, 0.4) is 0 Å². The molecule has 0 atom stereocenters. The van der Waals surface area contributed by atoms with Crippen molar-refractivity contribution in [2.45, 2.75) is 19.8 Å². The van der Waals surface area contributed by atoms with Gasteiger partial charge in [0.2, 0.25) is 5.91 Å². The normalized spacial score (nSPS) is 15.3. The molecule has 0 bridgehead atoms. The Labute approximate surface area is 146 Å². The van der Waals surface area contributed by atoms with Crippen molar-refractivity contribution < 1.29 is 9.90 Å². The maximum absolute atomic E-state index is 12.4. The number of carbonyl (C=O) groups is 1. The number of anilines is 2. The van der Waals surface area contributed by atoms with E-state index in [1.54, 1.807) is 24.4 Å². The molecule has 5 nitrogen and oxygen atoms in total. The van der Waals surface area contributed by atoms with Gasteiger partial charge in [-0.05, 0) is 43.5 Å². The zero-order valence-corrected chi connectivity index (χ0v) is 14.3. The van der Waals surface area contributed by atoms with Crippen molar-refractivity contribution in [1.82, 2.24) is 4.98 Å². The summed E-state index contributed by atoms with van der Waals surface area (Å²) in [4.78, 5) is 18.9. The Morgan fingerprint density at radius 1 is 1.33 bits per heavy atom. The van der Waals surface area contributed by atoms with Crippen molar-refractivity contribution in [2.24, 2.45) is 5.92 Å². The minimum absolute atomic E-state index is 0.0678. The van der Waals surface area contributed by atoms with Crippen molar-refractivity contribution in [1.29, 1.82) is 0 Å². The third kappa shape index (κ3) is 3.46. The molecule has 1 saturated heterocycles. The number of nitrogens with one attached hydrogen (secondary N) is 1. The molecule has 0 radical (unpaired) electrons. The van der Waals surface area contributed by atoms with Crippen LogP contribution < -0.4 is 10.2 Å². The van der Waals surface area contributed by atoms with Gasteiger partial charge in [-0.3, -0.25) is 9.78 Å². The van der Waals surface area contributed by atoms with Crippen LogP contribution in [0.4, 0.5) is 11.4 Å². The van der Waals surface area contributed by atoms with E-state index in [9.17, 15) is 9.90 Å². The minimum Gasteiger partial charge on any atom is -0.504 e. The molecule has 2 N–H and O–H groups in total. The quantitative estimate of drug-likeness (QED) is 0.834. The fourth-order valence-corrected chi connectivity index (χ4v) is 3.23. The molecule has 0 saturated carbocycles. The number of aryl methyl sites for hydroxylation is 1. The third-order valence-corrected chi connectivity index (χ3v) is 4.75. The molecule has 1 aliphatic rings. The molecule has 0 spiro atoms. The summed E-state index contributed by atoms with van der Waals surface area (Å²) in [6.07, 6.45) is 5.20. The molecule has 1 aromatic heterocycles. The zero-order chi connectivity index (χ0) is 17.1. The first-order valence-electron chi connectivity index (χ1n) is 8.00. The van der Waals surface area contributed by atoms with Crippen LogP contribution in [0.5, 0.6) is 5.75 Å². The van der Waals surface area contributed by atoms with E-state index in [0.29, 0.717) is 5.69 Å². The molecule has 126 valence electrons. The van der Waals surface area contributed by atoms with Crippen LogP contribution in [-0.4, -0.2) is 29.1 Å². The van der Waals surface area contributed by atoms with E-state index in [1.807, 2.05) is 19.2 Å². The highest BCUT2D eigenvalue weighted by molar-refractivity contribution is 6.32. The van der Waals surface area contributed by atoms with Gasteiger partial charge in [-0.15, -0.1) is 0 Å². The Morgan fingerprint density at radius 3 is 2.79 bits per heavy atom. The topological polar surface area (TPSA) is 65.5 Å². The summed E-state index contributed by atoms with van der Waals surface area (Å²) in [5, 5.41) is 12.9. The lowest BCUT2D eigenvalue weighted by atomic mass is 9.95. The lowest BCUT2D eigenvalue weighted by molar-refractivity contribution is -0.120. The first kappa shape index (κ1) is 16.6. The SMILES string of the molecule is Cc1cnccc1N1CCC(C(=O)Nc2cccc(Cl)c2O)CC1. The van der Waals surface area contributed by atoms with Gasteiger partial charge in [-0.2, -0.15) is 0 Å². The van der Waals surface area contributed by atoms with E-state index >= 15 is 0 Å². The second-order valence-corrected chi connectivity index (χ2v) is 6.46. The number of rotatable bonds is 3. The van der Waals surface area contributed by atoms with Gasteiger partial charge in [-0.1, -0.05) is 17.7 Å². The lowest BCUT2D eigenvalue weighted by Crippen LogP contribution is -2.38. The smallest absolute Gasteiger partial charge is 0.227 e. The second kappa shape index (κ2) is 7.09. The summed E-state index contributed by atoms with van der Waals surface area (Å²) in [7, 11) is 0. The Morgan fingerprint density at radius 2 is 2.08 bits per heavy atom. The molecule has 1 amide bonds. The molecule has 24 heavy (non-hydrogen) atoms. The number of para-hydroxylation sites is 1. The highest BCUT2D eigenvalue weighted by atomic mass is 35.5. The number of piperidine rings is 1. The minimum atomic E-state index is -0.0858. The molecular formula is C18H20ClN3O2. The summed E-state index contributed by atoms with van der Waals surface area (Å²) in [5.41, 5.74) is 2.68. The molecule has 0 unspecified atom stereocenters. The van der Waals surface area contributed by atoms with Crippen molar-refractivity contribution in [3.8, 4) is 5.75 Å². The average molecular weight is 346 g/mol. The Hall–Kier alpha value is -2.27. The summed E-state index contributed by atoms with van der Waals surface area (Å²) in [6, 6.07) is 6.95. The summed E-state index contributed by atoms with van der Waals surface area (Å²) in [5.74, 6) is -0.224. The highest BCUT2D eigenvalue weighted by Crippen LogP contribution is 2.32. The molecule has 1 aliphatic heterocycles. The number of aromatic hydroxyl groups is 1. The van der Waals surface area contributed by atoms with Gasteiger partial charge >= 0.3 is 0 Å². The number of nitrogens with zero attached hydrogens (tertiary/aromatic N) is 2. The van der Waals surface area contributed by atoms with Crippen molar-refractivity contribution in [3.63, 3.8) is 0 Å². The molecule has 2 heterocycles. The molecular weight excluding hydrogens is 326 g/mol. The predicted molar refractivity (Wildman–Crippen MR) is 95.7 cm³/mol. The van der Waals surface area contributed by atoms with E-state index < -0.39 is 0 Å². The van der Waals surface area contributed by atoms with Crippen LogP contribution in [0.15, 0.2) is 36.7 Å². The van der Waals surface area contributed by atoms with Crippen LogP contribution in [0.1, 0.15) is 18.4 Å². The van der Waals surface area contributed by atoms with Crippen LogP contribution in [0, 0.1) is 12.8 Å². The van der Waals surface area contributed by atoms with E-state index in [-0.39, 0.29) is 22.6 Å². The number of hydrogen-bond acceptors (Lipinski definition) is 4. The molecule has 0 aliphatic carbocycles. The number of hydrogen-bond donors (Lipinski definition) is 2. The van der Waals surface area contributed by atoms with Gasteiger partial charge in [0.25, 0.3) is 0 Å². The molecule has 6 heteroatoms. The largest absolute Gasteiger partial charge is 0.504 e. The molecule has 1 aromatic carbocycles. The van der Waals surface area contributed by atoms with E-state index in [2.05, 4.69) is 15.2 Å². The fraction of sp³-hybridized carbons (Fsp3) is 0.333. The van der Waals surface area contributed by atoms with Crippen molar-refractivity contribution in [3.05, 3.63) is 47.2 Å². The number of amides is 1. The first-order chi connectivity index (χ1) is 11.6. The number of pyridine rings is 1. The van der Waals surface area contributed by atoms with Crippen LogP contribution >= 0.6 is 11.6 Å². The zero-order valence-electron chi connectivity index (χ0n) is 13.5. The Kier molecular flexibility index (Phi) is 4.90. The van der Waals surface area contributed by atoms with Crippen LogP contribution in [0.25, 0.3) is 0 Å². The number of halogens is 1. The molecule has 1 fully saturated rings. The van der Waals surface area contributed by atoms with Gasteiger partial charge < -0.3 is 15.3 Å². The molecule has 2 aromatic rings. The number of aromatic nitrogens is 1. The van der Waals surface area contributed by atoms with Gasteiger partial charge in [0.1, 0.15) is 0 Å². The number of carbonyl (C=O) groups excluding carboxylic acids is 1. The van der Waals surface area contributed by atoms with E-state index in [1.165, 1.54) is 5.69 Å². The fourth-order valence-electron chi connectivity index (χ4n) is 3.05. The van der Waals surface area contributed by atoms with E-state index in [4.69, 9.17) is 11.6 Å². The Bertz CT molecular complexity index is 743. The van der Waals surface area contributed by atoms with Gasteiger partial charge in [-0.25, -0.2) is 0 Å². The number of phenols is 1. The van der Waals surface area contributed by atoms with Crippen molar-refractivity contribution in [2.75, 3.05) is 23.3 Å². The maximum Gasteiger partial charge on any atom is 0.227 e. The lowest BCUT2D eigenvalue weighted by Gasteiger charge is -2.33. The number of phenolic OH excluding ortho intramolecular Hbond substituents is 1. The monoisotopic (exact) mass is 345 g/mol. The van der Waals surface area contributed by atoms with Crippen LogP contribution in [-0.2, 0) is 4.79 Å². The van der Waals surface area contributed by atoms with Crippen molar-refractivity contribution >= 4 is 28.9 Å². The molecule has 3 rings (SSSR count). The number of benzene rings is 1. The second-order valence-electron chi connectivity index (χ2n) is 6.05. The standard InChI is InChI=1S/C18H20ClN3O2/c1-12-11-20-8-5-16(12)22-9-6-13(7-10-22)18(24)21-15-4-2-3-14(19)17(15)23/h2-5,8,11,13,23H,6-7,9-10H2,1H3,(H,21,24). The first-order valence-corrected chi connectivity index (χ1v) is 8.38. The van der Waals surface area contributed by atoms with Gasteiger partial charge in [0.15, 0.2) is 5.75 Å². The van der Waals surface area contributed by atoms with Crippen LogP contribution in [0.2, 0.25) is 5.02 Å².